The first-order valence-corrected chi connectivity index (χ1v) is 10.7. The number of anilines is 2. The zero-order chi connectivity index (χ0) is 19.9. The zero-order valence-corrected chi connectivity index (χ0v) is 17.1. The summed E-state index contributed by atoms with van der Waals surface area (Å²) in [4.78, 5) is 26.4. The van der Waals surface area contributed by atoms with Gasteiger partial charge in [-0.05, 0) is 55.3 Å². The van der Waals surface area contributed by atoms with Gasteiger partial charge in [0.2, 0.25) is 11.8 Å². The van der Waals surface area contributed by atoms with Gasteiger partial charge in [0.1, 0.15) is 11.1 Å². The molecule has 1 saturated heterocycles. The van der Waals surface area contributed by atoms with Crippen LogP contribution < -0.4 is 15.0 Å². The highest BCUT2D eigenvalue weighted by Gasteiger charge is 2.34. The lowest BCUT2D eigenvalue weighted by molar-refractivity contribution is -0.116. The number of hydrogen-bond acceptors (Lipinski definition) is 4. The Morgan fingerprint density at radius 3 is 2.71 bits per heavy atom. The zero-order valence-electron chi connectivity index (χ0n) is 16.3. The van der Waals surface area contributed by atoms with Crippen LogP contribution in [0, 0.1) is 0 Å². The van der Waals surface area contributed by atoms with Gasteiger partial charge in [0, 0.05) is 17.8 Å². The van der Waals surface area contributed by atoms with Crippen LogP contribution in [0.25, 0.3) is 0 Å². The third-order valence-corrected chi connectivity index (χ3v) is 5.72. The van der Waals surface area contributed by atoms with Crippen LogP contribution in [0.2, 0.25) is 0 Å². The molecule has 1 fully saturated rings. The molecular formula is C22H26N2O3S. The Morgan fingerprint density at radius 1 is 1.21 bits per heavy atom. The minimum atomic E-state index is -0.113. The van der Waals surface area contributed by atoms with Crippen molar-refractivity contribution in [2.24, 2.45) is 0 Å². The fraction of sp³-hybridized carbons (Fsp3) is 0.364. The Bertz CT molecular complexity index is 823. The third kappa shape index (κ3) is 4.87. The summed E-state index contributed by atoms with van der Waals surface area (Å²) in [7, 11) is 0. The molecule has 1 atom stereocenters. The summed E-state index contributed by atoms with van der Waals surface area (Å²) in [5.41, 5.74) is 2.61. The molecule has 1 heterocycles. The second kappa shape index (κ2) is 9.64. The predicted molar refractivity (Wildman–Crippen MR) is 115 cm³/mol. The molecule has 2 amide bonds. The van der Waals surface area contributed by atoms with Crippen molar-refractivity contribution in [1.29, 1.82) is 0 Å². The van der Waals surface area contributed by atoms with Crippen LogP contribution in [0.1, 0.15) is 44.0 Å². The molecule has 0 unspecified atom stereocenters. The Kier molecular flexibility index (Phi) is 6.98. The summed E-state index contributed by atoms with van der Waals surface area (Å²) in [6, 6.07) is 15.4. The molecule has 2 aromatic rings. The van der Waals surface area contributed by atoms with Gasteiger partial charge in [-0.2, -0.15) is 0 Å². The van der Waals surface area contributed by atoms with E-state index in [9.17, 15) is 9.59 Å². The van der Waals surface area contributed by atoms with Crippen molar-refractivity contribution in [3.63, 3.8) is 0 Å². The first-order chi connectivity index (χ1) is 13.6. The van der Waals surface area contributed by atoms with Gasteiger partial charge in [0.15, 0.2) is 0 Å². The summed E-state index contributed by atoms with van der Waals surface area (Å²) in [6.07, 6.45) is 2.39. The maximum absolute atomic E-state index is 12.6. The second-order valence-corrected chi connectivity index (χ2v) is 7.70. The molecule has 1 aliphatic heterocycles. The largest absolute Gasteiger partial charge is 0.494 e. The van der Waals surface area contributed by atoms with E-state index < -0.39 is 0 Å². The quantitative estimate of drug-likeness (QED) is 0.680. The van der Waals surface area contributed by atoms with Gasteiger partial charge in [0.25, 0.3) is 0 Å². The summed E-state index contributed by atoms with van der Waals surface area (Å²) < 4.78 is 5.49. The highest BCUT2D eigenvalue weighted by molar-refractivity contribution is 8.00. The van der Waals surface area contributed by atoms with Crippen LogP contribution >= 0.6 is 11.8 Å². The van der Waals surface area contributed by atoms with Crippen LogP contribution in [0.3, 0.4) is 0 Å². The first kappa shape index (κ1) is 20.3. The second-order valence-electron chi connectivity index (χ2n) is 6.63. The first-order valence-electron chi connectivity index (χ1n) is 9.68. The lowest BCUT2D eigenvalue weighted by Gasteiger charge is -2.25. The van der Waals surface area contributed by atoms with Crippen molar-refractivity contribution < 1.29 is 14.3 Å². The van der Waals surface area contributed by atoms with Crippen LogP contribution in [0.4, 0.5) is 11.4 Å². The molecule has 0 saturated carbocycles. The van der Waals surface area contributed by atoms with Crippen LogP contribution in [0.15, 0.2) is 48.5 Å². The number of thioether (sulfide) groups is 1. The predicted octanol–water partition coefficient (Wildman–Crippen LogP) is 4.99. The van der Waals surface area contributed by atoms with Gasteiger partial charge in [-0.15, -0.1) is 11.8 Å². The number of carbonyl (C=O) groups is 2. The van der Waals surface area contributed by atoms with Crippen molar-refractivity contribution in [3.8, 4) is 5.75 Å². The van der Waals surface area contributed by atoms with Crippen LogP contribution in [0.5, 0.6) is 5.75 Å². The summed E-state index contributed by atoms with van der Waals surface area (Å²) in [5.74, 6) is 1.33. The molecule has 1 aliphatic rings. The van der Waals surface area contributed by atoms with Gasteiger partial charge < -0.3 is 10.1 Å². The SMILES string of the molecule is CCCCC(=O)Nc1cccc([C@@H]2SCC(=O)N2c2ccc(OCC)cc2)c1. The monoisotopic (exact) mass is 398 g/mol. The molecular weight excluding hydrogens is 372 g/mol. The van der Waals surface area contributed by atoms with E-state index in [-0.39, 0.29) is 17.2 Å². The van der Waals surface area contributed by atoms with Crippen molar-refractivity contribution >= 4 is 35.0 Å². The van der Waals surface area contributed by atoms with Crippen LogP contribution in [-0.2, 0) is 9.59 Å². The summed E-state index contributed by atoms with van der Waals surface area (Å²) in [5, 5.41) is 2.85. The average molecular weight is 399 g/mol. The number of nitrogens with zero attached hydrogens (tertiary/aromatic N) is 1. The molecule has 6 heteroatoms. The molecule has 3 rings (SSSR count). The molecule has 28 heavy (non-hydrogen) atoms. The van der Waals surface area contributed by atoms with Crippen molar-refractivity contribution in [2.45, 2.75) is 38.5 Å². The van der Waals surface area contributed by atoms with E-state index in [4.69, 9.17) is 4.74 Å². The normalized spacial score (nSPS) is 16.3. The number of unbranched alkanes of at least 4 members (excludes halogenated alkanes) is 1. The van der Waals surface area contributed by atoms with E-state index in [0.717, 1.165) is 35.5 Å². The average Bonchev–Trinajstić information content (AvgIpc) is 3.09. The van der Waals surface area contributed by atoms with Crippen molar-refractivity contribution in [2.75, 3.05) is 22.6 Å². The molecule has 0 aliphatic carbocycles. The highest BCUT2D eigenvalue weighted by atomic mass is 32.2. The van der Waals surface area contributed by atoms with E-state index in [0.29, 0.717) is 18.8 Å². The van der Waals surface area contributed by atoms with Gasteiger partial charge in [0.05, 0.1) is 12.4 Å². The van der Waals surface area contributed by atoms with Gasteiger partial charge in [-0.1, -0.05) is 25.5 Å². The molecule has 0 bridgehead atoms. The summed E-state index contributed by atoms with van der Waals surface area (Å²) >= 11 is 1.59. The van der Waals surface area contributed by atoms with E-state index in [1.807, 2.05) is 60.4 Å². The number of hydrogen-bond donors (Lipinski definition) is 1. The molecule has 2 aromatic carbocycles. The Morgan fingerprint density at radius 2 is 2.00 bits per heavy atom. The molecule has 5 nitrogen and oxygen atoms in total. The molecule has 1 N–H and O–H groups in total. The van der Waals surface area contributed by atoms with Crippen molar-refractivity contribution in [3.05, 3.63) is 54.1 Å². The van der Waals surface area contributed by atoms with Gasteiger partial charge in [-0.25, -0.2) is 0 Å². The number of nitrogens with one attached hydrogen (secondary N) is 1. The number of rotatable bonds is 8. The van der Waals surface area contributed by atoms with Gasteiger partial charge >= 0.3 is 0 Å². The number of amides is 2. The maximum Gasteiger partial charge on any atom is 0.238 e. The number of ether oxygens (including phenoxy) is 1. The van der Waals surface area contributed by atoms with Crippen molar-refractivity contribution in [1.82, 2.24) is 0 Å². The standard InChI is InChI=1S/C22H26N2O3S/c1-3-5-9-20(25)23-17-8-6-7-16(14-17)22-24(21(26)15-28-22)18-10-12-19(13-11-18)27-4-2/h6-8,10-14,22H,3-5,9,15H2,1-2H3,(H,23,25)/t22-/m0/s1. The van der Waals surface area contributed by atoms with E-state index >= 15 is 0 Å². The topological polar surface area (TPSA) is 58.6 Å². The summed E-state index contributed by atoms with van der Waals surface area (Å²) in [6.45, 7) is 4.62. The van der Waals surface area contributed by atoms with Crippen LogP contribution in [-0.4, -0.2) is 24.2 Å². The third-order valence-electron chi connectivity index (χ3n) is 4.51. The minimum absolute atomic E-state index is 0.0255. The minimum Gasteiger partial charge on any atom is -0.494 e. The Hall–Kier alpha value is -2.47. The fourth-order valence-electron chi connectivity index (χ4n) is 3.15. The lowest BCUT2D eigenvalue weighted by atomic mass is 10.1. The Balaban J connectivity index is 1.78. The van der Waals surface area contributed by atoms with E-state index in [1.165, 1.54) is 0 Å². The highest BCUT2D eigenvalue weighted by Crippen LogP contribution is 2.42. The number of benzene rings is 2. The fourth-order valence-corrected chi connectivity index (χ4v) is 4.32. The molecule has 0 radical (unpaired) electrons. The molecule has 148 valence electrons. The number of carbonyl (C=O) groups excluding carboxylic acids is 2. The molecule has 0 spiro atoms. The molecule has 0 aromatic heterocycles. The van der Waals surface area contributed by atoms with E-state index in [2.05, 4.69) is 12.2 Å². The Labute approximate surface area is 170 Å². The maximum atomic E-state index is 12.6. The lowest BCUT2D eigenvalue weighted by Crippen LogP contribution is -2.27. The van der Waals surface area contributed by atoms with Gasteiger partial charge in [-0.3, -0.25) is 14.5 Å². The smallest absolute Gasteiger partial charge is 0.238 e. The van der Waals surface area contributed by atoms with E-state index in [1.54, 1.807) is 11.8 Å².